The maximum atomic E-state index is 12.2. The molecule has 7 heteroatoms. The Bertz CT molecular complexity index is 1020. The van der Waals surface area contributed by atoms with Gasteiger partial charge in [0, 0.05) is 11.1 Å². The van der Waals surface area contributed by atoms with Crippen LogP contribution in [0.5, 0.6) is 0 Å². The number of nitrogens with zero attached hydrogens (tertiary/aromatic N) is 2. The van der Waals surface area contributed by atoms with E-state index in [1.165, 1.54) is 5.56 Å². The van der Waals surface area contributed by atoms with E-state index in [0.29, 0.717) is 11.1 Å². The second-order valence-corrected chi connectivity index (χ2v) is 6.58. The van der Waals surface area contributed by atoms with Crippen molar-refractivity contribution >= 4 is 11.8 Å². The van der Waals surface area contributed by atoms with Gasteiger partial charge in [0.1, 0.15) is 6.54 Å². The SMILES string of the molecule is CCCCc1ccc(C(=O)COC(=O)Cn2nc(-c3ccccc3)oc2=O)cc1. The van der Waals surface area contributed by atoms with Gasteiger partial charge in [-0.1, -0.05) is 55.8 Å². The molecule has 0 amide bonds. The number of Topliss-reactive ketones (excluding diaryl/α,β-unsaturated/α-hetero) is 1. The van der Waals surface area contributed by atoms with E-state index >= 15 is 0 Å². The van der Waals surface area contributed by atoms with Gasteiger partial charge in [-0.05, 0) is 30.5 Å². The van der Waals surface area contributed by atoms with Crippen molar-refractivity contribution in [3.05, 3.63) is 76.3 Å². The average molecular weight is 394 g/mol. The molecule has 0 unspecified atom stereocenters. The quantitative estimate of drug-likeness (QED) is 0.409. The summed E-state index contributed by atoms with van der Waals surface area (Å²) in [6.45, 7) is 1.30. The molecule has 0 aliphatic heterocycles. The van der Waals surface area contributed by atoms with E-state index in [1.807, 2.05) is 18.2 Å². The van der Waals surface area contributed by atoms with Crippen LogP contribution < -0.4 is 5.76 Å². The van der Waals surface area contributed by atoms with Crippen LogP contribution in [0, 0.1) is 0 Å². The Balaban J connectivity index is 1.54. The highest BCUT2D eigenvalue weighted by Crippen LogP contribution is 2.14. The van der Waals surface area contributed by atoms with Crippen LogP contribution in [0.2, 0.25) is 0 Å². The van der Waals surface area contributed by atoms with Gasteiger partial charge in [-0.2, -0.15) is 4.68 Å². The molecule has 0 fully saturated rings. The zero-order valence-corrected chi connectivity index (χ0v) is 16.2. The van der Waals surface area contributed by atoms with Crippen molar-refractivity contribution in [2.45, 2.75) is 32.7 Å². The van der Waals surface area contributed by atoms with Gasteiger partial charge in [0.05, 0.1) is 0 Å². The number of aromatic nitrogens is 2. The fourth-order valence-electron chi connectivity index (χ4n) is 2.74. The van der Waals surface area contributed by atoms with Gasteiger partial charge in [0.2, 0.25) is 5.89 Å². The Hall–Kier alpha value is -3.48. The summed E-state index contributed by atoms with van der Waals surface area (Å²) in [6, 6.07) is 16.1. The van der Waals surface area contributed by atoms with E-state index in [4.69, 9.17) is 9.15 Å². The highest BCUT2D eigenvalue weighted by molar-refractivity contribution is 5.97. The van der Waals surface area contributed by atoms with Crippen molar-refractivity contribution in [2.24, 2.45) is 0 Å². The monoisotopic (exact) mass is 394 g/mol. The number of hydrogen-bond donors (Lipinski definition) is 0. The zero-order valence-electron chi connectivity index (χ0n) is 16.2. The Labute approximate surface area is 167 Å². The second kappa shape index (κ2) is 9.64. The maximum Gasteiger partial charge on any atom is 0.437 e. The van der Waals surface area contributed by atoms with Crippen molar-refractivity contribution in [1.29, 1.82) is 0 Å². The summed E-state index contributed by atoms with van der Waals surface area (Å²) in [5.41, 5.74) is 2.26. The molecule has 7 nitrogen and oxygen atoms in total. The standard InChI is InChI=1S/C22H22N2O5/c1-2-3-7-16-10-12-17(13-11-16)19(25)15-28-20(26)14-24-22(27)29-21(23-24)18-8-5-4-6-9-18/h4-6,8-13H,2-3,7,14-15H2,1H3. The molecule has 0 aliphatic rings. The number of aryl methyl sites for hydroxylation is 1. The van der Waals surface area contributed by atoms with Gasteiger partial charge >= 0.3 is 11.7 Å². The van der Waals surface area contributed by atoms with Crippen molar-refractivity contribution < 1.29 is 18.7 Å². The average Bonchev–Trinajstić information content (AvgIpc) is 3.11. The van der Waals surface area contributed by atoms with Crippen LogP contribution in [0.25, 0.3) is 11.5 Å². The molecule has 0 saturated heterocycles. The van der Waals surface area contributed by atoms with Gasteiger partial charge in [-0.25, -0.2) is 4.79 Å². The highest BCUT2D eigenvalue weighted by atomic mass is 16.5. The Morgan fingerprint density at radius 3 is 2.48 bits per heavy atom. The number of unbranched alkanes of at least 4 members (excludes halogenated alkanes) is 1. The van der Waals surface area contributed by atoms with Crippen LogP contribution in [0.1, 0.15) is 35.7 Å². The normalized spacial score (nSPS) is 10.7. The molecule has 0 radical (unpaired) electrons. The molecule has 3 aromatic rings. The molecule has 0 aliphatic carbocycles. The van der Waals surface area contributed by atoms with Gasteiger partial charge in [-0.15, -0.1) is 5.10 Å². The highest BCUT2D eigenvalue weighted by Gasteiger charge is 2.15. The molecule has 0 bridgehead atoms. The first-order valence-corrected chi connectivity index (χ1v) is 9.48. The van der Waals surface area contributed by atoms with Crippen molar-refractivity contribution in [3.63, 3.8) is 0 Å². The van der Waals surface area contributed by atoms with E-state index in [2.05, 4.69) is 12.0 Å². The molecular formula is C22H22N2O5. The summed E-state index contributed by atoms with van der Waals surface area (Å²) in [6.07, 6.45) is 3.17. The summed E-state index contributed by atoms with van der Waals surface area (Å²) in [5.74, 6) is -1.71. The number of esters is 1. The molecule has 3 rings (SSSR count). The summed E-state index contributed by atoms with van der Waals surface area (Å²) < 4.78 is 10.9. The maximum absolute atomic E-state index is 12.2. The van der Waals surface area contributed by atoms with E-state index in [-0.39, 0.29) is 11.7 Å². The Morgan fingerprint density at radius 1 is 1.07 bits per heavy atom. The fraction of sp³-hybridized carbons (Fsp3) is 0.273. The molecule has 29 heavy (non-hydrogen) atoms. The third-order valence-corrected chi connectivity index (χ3v) is 4.37. The van der Waals surface area contributed by atoms with Crippen molar-refractivity contribution in [1.82, 2.24) is 9.78 Å². The topological polar surface area (TPSA) is 91.4 Å². The van der Waals surface area contributed by atoms with E-state index in [9.17, 15) is 14.4 Å². The van der Waals surface area contributed by atoms with Crippen LogP contribution in [0.3, 0.4) is 0 Å². The molecule has 1 heterocycles. The number of ketones is 1. The second-order valence-electron chi connectivity index (χ2n) is 6.58. The lowest BCUT2D eigenvalue weighted by Gasteiger charge is -2.05. The van der Waals surface area contributed by atoms with Crippen LogP contribution in [-0.2, 0) is 22.5 Å². The largest absolute Gasteiger partial charge is 0.456 e. The number of carbonyl (C=O) groups is 2. The summed E-state index contributed by atoms with van der Waals surface area (Å²) >= 11 is 0. The van der Waals surface area contributed by atoms with Crippen LogP contribution in [0.15, 0.2) is 63.8 Å². The van der Waals surface area contributed by atoms with Crippen LogP contribution in [-0.4, -0.2) is 28.1 Å². The van der Waals surface area contributed by atoms with Gasteiger partial charge in [0.15, 0.2) is 12.4 Å². The van der Waals surface area contributed by atoms with Crippen LogP contribution >= 0.6 is 0 Å². The van der Waals surface area contributed by atoms with Crippen molar-refractivity contribution in [3.8, 4) is 11.5 Å². The smallest absolute Gasteiger partial charge is 0.437 e. The first-order chi connectivity index (χ1) is 14.1. The lowest BCUT2D eigenvalue weighted by Crippen LogP contribution is -2.24. The summed E-state index contributed by atoms with van der Waals surface area (Å²) in [7, 11) is 0. The Kier molecular flexibility index (Phi) is 6.73. The van der Waals surface area contributed by atoms with Gasteiger partial charge in [0.25, 0.3) is 0 Å². The molecule has 150 valence electrons. The van der Waals surface area contributed by atoms with Crippen molar-refractivity contribution in [2.75, 3.05) is 6.61 Å². The number of ether oxygens (including phenoxy) is 1. The van der Waals surface area contributed by atoms with E-state index in [1.54, 1.807) is 36.4 Å². The molecule has 2 aromatic carbocycles. The minimum absolute atomic E-state index is 0.114. The van der Waals surface area contributed by atoms with Crippen LogP contribution in [0.4, 0.5) is 0 Å². The third kappa shape index (κ3) is 5.51. The number of carbonyl (C=O) groups excluding carboxylic acids is 2. The fourth-order valence-corrected chi connectivity index (χ4v) is 2.74. The number of hydrogen-bond acceptors (Lipinski definition) is 6. The molecule has 1 aromatic heterocycles. The lowest BCUT2D eigenvalue weighted by molar-refractivity contribution is -0.143. The van der Waals surface area contributed by atoms with E-state index < -0.39 is 24.9 Å². The Morgan fingerprint density at radius 2 is 1.79 bits per heavy atom. The number of rotatable bonds is 9. The first-order valence-electron chi connectivity index (χ1n) is 9.48. The molecule has 0 atom stereocenters. The number of benzene rings is 2. The predicted molar refractivity (Wildman–Crippen MR) is 107 cm³/mol. The predicted octanol–water partition coefficient (Wildman–Crippen LogP) is 3.27. The summed E-state index contributed by atoms with van der Waals surface area (Å²) in [4.78, 5) is 36.1. The zero-order chi connectivity index (χ0) is 20.6. The summed E-state index contributed by atoms with van der Waals surface area (Å²) in [5, 5.41) is 3.99. The third-order valence-electron chi connectivity index (χ3n) is 4.37. The minimum atomic E-state index is -0.769. The van der Waals surface area contributed by atoms with Gasteiger partial charge in [-0.3, -0.25) is 9.59 Å². The molecule has 0 spiro atoms. The first kappa shape index (κ1) is 20.3. The van der Waals surface area contributed by atoms with E-state index in [0.717, 1.165) is 23.9 Å². The minimum Gasteiger partial charge on any atom is -0.456 e. The van der Waals surface area contributed by atoms with Gasteiger partial charge < -0.3 is 9.15 Å². The lowest BCUT2D eigenvalue weighted by atomic mass is 10.0. The molecular weight excluding hydrogens is 372 g/mol. The molecule has 0 N–H and O–H groups in total. The molecule has 0 saturated carbocycles.